The highest BCUT2D eigenvalue weighted by Crippen LogP contribution is 2.28. The smallest absolute Gasteiger partial charge is 0.234 e. The molecule has 1 N–H and O–H groups in total. The van der Waals surface area contributed by atoms with E-state index in [2.05, 4.69) is 17.1 Å². The monoisotopic (exact) mass is 356 g/mol. The highest BCUT2D eigenvalue weighted by molar-refractivity contribution is 5.78. The van der Waals surface area contributed by atoms with Gasteiger partial charge in [-0.25, -0.2) is 0 Å². The summed E-state index contributed by atoms with van der Waals surface area (Å²) < 4.78 is 10.6. The first-order valence-corrected chi connectivity index (χ1v) is 8.85. The lowest BCUT2D eigenvalue weighted by Gasteiger charge is -2.22. The number of amides is 1. The number of methoxy groups -OCH3 is 2. The second-order valence-corrected chi connectivity index (χ2v) is 6.19. The number of ether oxygens (including phenoxy) is 2. The maximum absolute atomic E-state index is 12.4. The molecule has 26 heavy (non-hydrogen) atoms. The maximum Gasteiger partial charge on any atom is 0.234 e. The van der Waals surface area contributed by atoms with Crippen molar-refractivity contribution in [3.05, 3.63) is 59.7 Å². The van der Waals surface area contributed by atoms with Crippen LogP contribution in [0.3, 0.4) is 0 Å². The lowest BCUT2D eigenvalue weighted by atomic mass is 10.1. The van der Waals surface area contributed by atoms with Crippen LogP contribution in [0.15, 0.2) is 48.5 Å². The third-order valence-electron chi connectivity index (χ3n) is 4.35. The summed E-state index contributed by atoms with van der Waals surface area (Å²) in [5.41, 5.74) is 2.18. The first kappa shape index (κ1) is 19.8. The Hall–Kier alpha value is -2.53. The van der Waals surface area contributed by atoms with Crippen LogP contribution in [-0.4, -0.2) is 38.1 Å². The van der Waals surface area contributed by atoms with Crippen molar-refractivity contribution in [1.29, 1.82) is 0 Å². The van der Waals surface area contributed by atoms with Gasteiger partial charge in [-0.3, -0.25) is 9.69 Å². The van der Waals surface area contributed by atoms with Crippen LogP contribution in [0.1, 0.15) is 31.0 Å². The minimum Gasteiger partial charge on any atom is -0.493 e. The van der Waals surface area contributed by atoms with Crippen molar-refractivity contribution in [2.45, 2.75) is 26.4 Å². The molecule has 0 aliphatic carbocycles. The molecule has 0 aromatic heterocycles. The number of hydrogen-bond donors (Lipinski definition) is 1. The van der Waals surface area contributed by atoms with E-state index in [1.807, 2.05) is 55.5 Å². The van der Waals surface area contributed by atoms with Crippen molar-refractivity contribution in [2.24, 2.45) is 0 Å². The van der Waals surface area contributed by atoms with Gasteiger partial charge in [0.2, 0.25) is 5.91 Å². The molecule has 2 rings (SSSR count). The number of likely N-dealkylation sites (N-methyl/N-ethyl adjacent to an activating group) is 1. The fourth-order valence-electron chi connectivity index (χ4n) is 2.83. The largest absolute Gasteiger partial charge is 0.493 e. The van der Waals surface area contributed by atoms with Crippen LogP contribution in [0.4, 0.5) is 0 Å². The third kappa shape index (κ3) is 5.49. The Morgan fingerprint density at radius 1 is 1.08 bits per heavy atom. The van der Waals surface area contributed by atoms with Crippen LogP contribution < -0.4 is 14.8 Å². The lowest BCUT2D eigenvalue weighted by molar-refractivity contribution is -0.123. The number of nitrogens with one attached hydrogen (secondary N) is 1. The fraction of sp³-hybridized carbons (Fsp3) is 0.381. The summed E-state index contributed by atoms with van der Waals surface area (Å²) in [5, 5.41) is 3.06. The first-order chi connectivity index (χ1) is 12.6. The Morgan fingerprint density at radius 3 is 2.38 bits per heavy atom. The molecule has 0 saturated carbocycles. The number of carbonyl (C=O) groups excluding carboxylic acids is 1. The van der Waals surface area contributed by atoms with Gasteiger partial charge in [0.1, 0.15) is 0 Å². The SMILES string of the molecule is CCN(CC(=O)NC(C)c1ccccc1)Cc1ccc(OC)c(OC)c1. The maximum atomic E-state index is 12.4. The molecule has 0 aliphatic heterocycles. The van der Waals surface area contributed by atoms with E-state index in [-0.39, 0.29) is 11.9 Å². The zero-order valence-corrected chi connectivity index (χ0v) is 16.0. The molecular formula is C21H28N2O3. The molecule has 1 atom stereocenters. The minimum atomic E-state index is -0.0107. The van der Waals surface area contributed by atoms with E-state index in [4.69, 9.17) is 9.47 Å². The molecule has 0 aliphatic rings. The van der Waals surface area contributed by atoms with Crippen LogP contribution in [0.5, 0.6) is 11.5 Å². The summed E-state index contributed by atoms with van der Waals surface area (Å²) in [6.07, 6.45) is 0. The summed E-state index contributed by atoms with van der Waals surface area (Å²) in [4.78, 5) is 14.5. The fourth-order valence-corrected chi connectivity index (χ4v) is 2.83. The summed E-state index contributed by atoms with van der Waals surface area (Å²) in [6, 6.07) is 15.8. The van der Waals surface area contributed by atoms with E-state index >= 15 is 0 Å². The average molecular weight is 356 g/mol. The molecule has 0 radical (unpaired) electrons. The van der Waals surface area contributed by atoms with Gasteiger partial charge in [-0.15, -0.1) is 0 Å². The summed E-state index contributed by atoms with van der Waals surface area (Å²) in [7, 11) is 3.24. The normalized spacial score (nSPS) is 11.9. The molecule has 0 heterocycles. The predicted molar refractivity (Wildman–Crippen MR) is 103 cm³/mol. The van der Waals surface area contributed by atoms with E-state index in [1.165, 1.54) is 0 Å². The molecule has 5 nitrogen and oxygen atoms in total. The minimum absolute atomic E-state index is 0.0107. The number of carbonyl (C=O) groups is 1. The van der Waals surface area contributed by atoms with Crippen LogP contribution >= 0.6 is 0 Å². The Kier molecular flexibility index (Phi) is 7.48. The van der Waals surface area contributed by atoms with Crippen molar-refractivity contribution in [3.63, 3.8) is 0 Å². The average Bonchev–Trinajstić information content (AvgIpc) is 2.67. The van der Waals surface area contributed by atoms with Crippen molar-refractivity contribution >= 4 is 5.91 Å². The highest BCUT2D eigenvalue weighted by Gasteiger charge is 2.14. The first-order valence-electron chi connectivity index (χ1n) is 8.85. The molecule has 0 spiro atoms. The standard InChI is InChI=1S/C21H28N2O3/c1-5-23(14-17-11-12-19(25-3)20(13-17)26-4)15-21(24)22-16(2)18-9-7-6-8-10-18/h6-13,16H,5,14-15H2,1-4H3,(H,22,24). The molecule has 1 unspecified atom stereocenters. The van der Waals surface area contributed by atoms with Crippen LogP contribution in [0, 0.1) is 0 Å². The Morgan fingerprint density at radius 2 is 1.77 bits per heavy atom. The van der Waals surface area contributed by atoms with Crippen molar-refractivity contribution in [2.75, 3.05) is 27.3 Å². The predicted octanol–water partition coefficient (Wildman–Crippen LogP) is 3.40. The van der Waals surface area contributed by atoms with Gasteiger partial charge >= 0.3 is 0 Å². The topological polar surface area (TPSA) is 50.8 Å². The highest BCUT2D eigenvalue weighted by atomic mass is 16.5. The third-order valence-corrected chi connectivity index (χ3v) is 4.35. The van der Waals surface area contributed by atoms with Gasteiger partial charge in [0.05, 0.1) is 26.8 Å². The number of hydrogen-bond acceptors (Lipinski definition) is 4. The zero-order chi connectivity index (χ0) is 18.9. The number of rotatable bonds is 9. The molecule has 2 aromatic carbocycles. The molecule has 0 saturated heterocycles. The van der Waals surface area contributed by atoms with E-state index in [0.29, 0.717) is 24.6 Å². The van der Waals surface area contributed by atoms with E-state index in [9.17, 15) is 4.79 Å². The molecular weight excluding hydrogens is 328 g/mol. The van der Waals surface area contributed by atoms with Gasteiger partial charge in [0.15, 0.2) is 11.5 Å². The Bertz CT molecular complexity index is 704. The number of nitrogens with zero attached hydrogens (tertiary/aromatic N) is 1. The van der Waals surface area contributed by atoms with Gasteiger partial charge in [-0.2, -0.15) is 0 Å². The second-order valence-electron chi connectivity index (χ2n) is 6.19. The van der Waals surface area contributed by atoms with Gasteiger partial charge in [-0.1, -0.05) is 43.3 Å². The molecule has 1 amide bonds. The lowest BCUT2D eigenvalue weighted by Crippen LogP contribution is -2.37. The molecule has 140 valence electrons. The molecule has 0 bridgehead atoms. The van der Waals surface area contributed by atoms with Gasteiger partial charge in [0, 0.05) is 6.54 Å². The van der Waals surface area contributed by atoms with Gasteiger partial charge in [-0.05, 0) is 36.7 Å². The Balaban J connectivity index is 1.95. The summed E-state index contributed by atoms with van der Waals surface area (Å²) >= 11 is 0. The van der Waals surface area contributed by atoms with E-state index < -0.39 is 0 Å². The van der Waals surface area contributed by atoms with Crippen molar-refractivity contribution in [1.82, 2.24) is 10.2 Å². The van der Waals surface area contributed by atoms with Crippen LogP contribution in [-0.2, 0) is 11.3 Å². The van der Waals surface area contributed by atoms with Gasteiger partial charge < -0.3 is 14.8 Å². The van der Waals surface area contributed by atoms with Gasteiger partial charge in [0.25, 0.3) is 0 Å². The second kappa shape index (κ2) is 9.82. The van der Waals surface area contributed by atoms with E-state index in [1.54, 1.807) is 14.2 Å². The zero-order valence-electron chi connectivity index (χ0n) is 16.0. The summed E-state index contributed by atoms with van der Waals surface area (Å²) in [5.74, 6) is 1.42. The Labute approximate surface area is 155 Å². The van der Waals surface area contributed by atoms with E-state index in [0.717, 1.165) is 17.7 Å². The van der Waals surface area contributed by atoms with Crippen LogP contribution in [0.25, 0.3) is 0 Å². The molecule has 0 fully saturated rings. The summed E-state index contributed by atoms with van der Waals surface area (Å²) in [6.45, 7) is 5.85. The quantitative estimate of drug-likeness (QED) is 0.748. The molecule has 5 heteroatoms. The van der Waals surface area contributed by atoms with Crippen LogP contribution in [0.2, 0.25) is 0 Å². The number of benzene rings is 2. The molecule has 2 aromatic rings. The van der Waals surface area contributed by atoms with Crippen molar-refractivity contribution < 1.29 is 14.3 Å². The van der Waals surface area contributed by atoms with Crippen molar-refractivity contribution in [3.8, 4) is 11.5 Å².